The molecule has 0 aliphatic rings. The fourth-order valence-corrected chi connectivity index (χ4v) is 2.25. The summed E-state index contributed by atoms with van der Waals surface area (Å²) >= 11 is 12.1. The third-order valence-corrected chi connectivity index (χ3v) is 3.84. The topological polar surface area (TPSA) is 38.3 Å². The summed E-state index contributed by atoms with van der Waals surface area (Å²) in [6.45, 7) is 2.56. The van der Waals surface area contributed by atoms with Gasteiger partial charge in [-0.15, -0.1) is 0 Å². The molecule has 0 saturated carbocycles. The maximum absolute atomic E-state index is 11.6. The molecule has 0 amide bonds. The second-order valence-corrected chi connectivity index (χ2v) is 5.44. The Balaban J connectivity index is 2.13. The Morgan fingerprint density at radius 2 is 1.90 bits per heavy atom. The van der Waals surface area contributed by atoms with E-state index < -0.39 is 5.97 Å². The maximum Gasteiger partial charge on any atom is 0.339 e. The largest absolute Gasteiger partial charge is 0.465 e. The second-order valence-electron chi connectivity index (χ2n) is 4.62. The summed E-state index contributed by atoms with van der Waals surface area (Å²) < 4.78 is 4.70. The first-order valence-corrected chi connectivity index (χ1v) is 7.13. The van der Waals surface area contributed by atoms with Crippen molar-refractivity contribution >= 4 is 34.9 Å². The number of rotatable bonds is 4. The highest BCUT2D eigenvalue weighted by molar-refractivity contribution is 6.33. The lowest BCUT2D eigenvalue weighted by Gasteiger charge is -2.10. The zero-order valence-electron chi connectivity index (χ0n) is 11.7. The van der Waals surface area contributed by atoms with Crippen molar-refractivity contribution < 1.29 is 9.53 Å². The number of hydrogen-bond acceptors (Lipinski definition) is 3. The summed E-state index contributed by atoms with van der Waals surface area (Å²) in [6, 6.07) is 11.0. The van der Waals surface area contributed by atoms with Crippen molar-refractivity contribution in [3.8, 4) is 0 Å². The SMILES string of the molecule is COC(=O)c1cc(NCc2ccc(C)c(Cl)c2)ccc1Cl. The minimum Gasteiger partial charge on any atom is -0.465 e. The van der Waals surface area contributed by atoms with E-state index >= 15 is 0 Å². The van der Waals surface area contributed by atoms with Gasteiger partial charge in [0.2, 0.25) is 0 Å². The van der Waals surface area contributed by atoms with Gasteiger partial charge in [-0.1, -0.05) is 35.3 Å². The van der Waals surface area contributed by atoms with Gasteiger partial charge < -0.3 is 10.1 Å². The Kier molecular flexibility index (Phi) is 5.10. The average molecular weight is 324 g/mol. The lowest BCUT2D eigenvalue weighted by molar-refractivity contribution is 0.0601. The van der Waals surface area contributed by atoms with Crippen LogP contribution in [0.5, 0.6) is 0 Å². The molecule has 110 valence electrons. The monoisotopic (exact) mass is 323 g/mol. The molecule has 0 radical (unpaired) electrons. The number of ether oxygens (including phenoxy) is 1. The number of nitrogens with one attached hydrogen (secondary N) is 1. The minimum absolute atomic E-state index is 0.339. The van der Waals surface area contributed by atoms with Crippen LogP contribution in [0.1, 0.15) is 21.5 Å². The molecule has 0 aliphatic carbocycles. The number of esters is 1. The van der Waals surface area contributed by atoms with Gasteiger partial charge in [-0.05, 0) is 42.3 Å². The lowest BCUT2D eigenvalue weighted by Crippen LogP contribution is -2.05. The molecule has 5 heteroatoms. The number of carbonyl (C=O) groups is 1. The van der Waals surface area contributed by atoms with E-state index in [4.69, 9.17) is 27.9 Å². The molecule has 1 N–H and O–H groups in total. The van der Waals surface area contributed by atoms with Crippen LogP contribution in [0.3, 0.4) is 0 Å². The molecule has 0 aliphatic heterocycles. The summed E-state index contributed by atoms with van der Waals surface area (Å²) in [6.07, 6.45) is 0. The second kappa shape index (κ2) is 6.83. The van der Waals surface area contributed by atoms with Crippen LogP contribution in [-0.4, -0.2) is 13.1 Å². The quantitative estimate of drug-likeness (QED) is 0.829. The molecule has 2 rings (SSSR count). The summed E-state index contributed by atoms with van der Waals surface area (Å²) in [5.41, 5.74) is 3.22. The molecular formula is C16H15Cl2NO2. The van der Waals surface area contributed by atoms with Crippen molar-refractivity contribution in [2.24, 2.45) is 0 Å². The van der Waals surface area contributed by atoms with Crippen LogP contribution in [0.4, 0.5) is 5.69 Å². The Bertz CT molecular complexity index is 671. The van der Waals surface area contributed by atoms with E-state index in [2.05, 4.69) is 5.32 Å². The van der Waals surface area contributed by atoms with Crippen molar-refractivity contribution in [1.82, 2.24) is 0 Å². The van der Waals surface area contributed by atoms with Gasteiger partial charge in [0, 0.05) is 17.3 Å². The van der Waals surface area contributed by atoms with E-state index in [1.165, 1.54) is 7.11 Å². The molecule has 0 heterocycles. The van der Waals surface area contributed by atoms with Gasteiger partial charge in [0.25, 0.3) is 0 Å². The lowest BCUT2D eigenvalue weighted by atomic mass is 10.1. The first kappa shape index (κ1) is 15.7. The Morgan fingerprint density at radius 1 is 1.14 bits per heavy atom. The summed E-state index contributed by atoms with van der Waals surface area (Å²) in [5, 5.41) is 4.33. The molecular weight excluding hydrogens is 309 g/mol. The molecule has 0 aromatic heterocycles. The first-order valence-electron chi connectivity index (χ1n) is 6.38. The van der Waals surface area contributed by atoms with Crippen LogP contribution in [0, 0.1) is 6.92 Å². The fraction of sp³-hybridized carbons (Fsp3) is 0.188. The summed E-state index contributed by atoms with van der Waals surface area (Å²) in [4.78, 5) is 11.6. The number of halogens is 2. The molecule has 0 unspecified atom stereocenters. The molecule has 2 aromatic carbocycles. The maximum atomic E-state index is 11.6. The van der Waals surface area contributed by atoms with E-state index in [1.807, 2.05) is 31.2 Å². The van der Waals surface area contributed by atoms with Crippen LogP contribution >= 0.6 is 23.2 Å². The minimum atomic E-state index is -0.456. The van der Waals surface area contributed by atoms with Gasteiger partial charge in [-0.3, -0.25) is 0 Å². The van der Waals surface area contributed by atoms with Crippen LogP contribution < -0.4 is 5.32 Å². The highest BCUT2D eigenvalue weighted by Gasteiger charge is 2.11. The van der Waals surface area contributed by atoms with Crippen LogP contribution in [0.2, 0.25) is 10.0 Å². The number of hydrogen-bond donors (Lipinski definition) is 1. The molecule has 2 aromatic rings. The van der Waals surface area contributed by atoms with Gasteiger partial charge in [0.15, 0.2) is 0 Å². The number of carbonyl (C=O) groups excluding carboxylic acids is 1. The molecule has 0 atom stereocenters. The van der Waals surface area contributed by atoms with Gasteiger partial charge >= 0.3 is 5.97 Å². The van der Waals surface area contributed by atoms with Crippen molar-refractivity contribution in [2.75, 3.05) is 12.4 Å². The van der Waals surface area contributed by atoms with Gasteiger partial charge in [-0.25, -0.2) is 4.79 Å². The van der Waals surface area contributed by atoms with Crippen LogP contribution in [0.25, 0.3) is 0 Å². The third-order valence-electron chi connectivity index (χ3n) is 3.10. The van der Waals surface area contributed by atoms with Gasteiger partial charge in [-0.2, -0.15) is 0 Å². The summed E-state index contributed by atoms with van der Waals surface area (Å²) in [5.74, 6) is -0.456. The smallest absolute Gasteiger partial charge is 0.339 e. The first-order chi connectivity index (χ1) is 10.0. The summed E-state index contributed by atoms with van der Waals surface area (Å²) in [7, 11) is 1.33. The third kappa shape index (κ3) is 3.90. The number of benzene rings is 2. The van der Waals surface area contributed by atoms with E-state index in [1.54, 1.807) is 12.1 Å². The molecule has 0 fully saturated rings. The zero-order valence-corrected chi connectivity index (χ0v) is 13.3. The molecule has 0 spiro atoms. The molecule has 0 saturated heterocycles. The molecule has 21 heavy (non-hydrogen) atoms. The van der Waals surface area contributed by atoms with E-state index in [9.17, 15) is 4.79 Å². The normalized spacial score (nSPS) is 10.3. The highest BCUT2D eigenvalue weighted by atomic mass is 35.5. The van der Waals surface area contributed by atoms with Crippen molar-refractivity contribution in [3.05, 3.63) is 63.1 Å². The number of methoxy groups -OCH3 is 1. The van der Waals surface area contributed by atoms with Crippen molar-refractivity contribution in [3.63, 3.8) is 0 Å². The number of aryl methyl sites for hydroxylation is 1. The predicted molar refractivity (Wildman–Crippen MR) is 86.3 cm³/mol. The average Bonchev–Trinajstić information content (AvgIpc) is 2.49. The zero-order chi connectivity index (χ0) is 15.4. The van der Waals surface area contributed by atoms with Crippen LogP contribution in [-0.2, 0) is 11.3 Å². The fourth-order valence-electron chi connectivity index (χ4n) is 1.85. The molecule has 0 bridgehead atoms. The molecule has 3 nitrogen and oxygen atoms in total. The Labute approximate surface area is 133 Å². The van der Waals surface area contributed by atoms with Crippen molar-refractivity contribution in [2.45, 2.75) is 13.5 Å². The van der Waals surface area contributed by atoms with Gasteiger partial charge in [0.05, 0.1) is 17.7 Å². The highest BCUT2D eigenvalue weighted by Crippen LogP contribution is 2.22. The van der Waals surface area contributed by atoms with E-state index in [0.29, 0.717) is 17.1 Å². The van der Waals surface area contributed by atoms with E-state index in [0.717, 1.165) is 21.8 Å². The Morgan fingerprint density at radius 3 is 2.57 bits per heavy atom. The Hall–Kier alpha value is -1.71. The standard InChI is InChI=1S/C16H15Cl2NO2/c1-10-3-4-11(7-15(10)18)9-19-12-5-6-14(17)13(8-12)16(20)21-2/h3-8,19H,9H2,1-2H3. The number of anilines is 1. The predicted octanol–water partition coefficient (Wildman–Crippen LogP) is 4.70. The van der Waals surface area contributed by atoms with E-state index in [-0.39, 0.29) is 0 Å². The van der Waals surface area contributed by atoms with Gasteiger partial charge in [0.1, 0.15) is 0 Å². The van der Waals surface area contributed by atoms with Crippen molar-refractivity contribution in [1.29, 1.82) is 0 Å². The van der Waals surface area contributed by atoms with Crippen LogP contribution in [0.15, 0.2) is 36.4 Å².